The Morgan fingerprint density at radius 2 is 2.39 bits per heavy atom. The minimum Gasteiger partial charge on any atom is -0.330 e. The van der Waals surface area contributed by atoms with Crippen LogP contribution >= 0.6 is 27.3 Å². The second-order valence-electron chi connectivity index (χ2n) is 4.49. The summed E-state index contributed by atoms with van der Waals surface area (Å²) in [5.41, 5.74) is 7.98. The maximum atomic E-state index is 5.84. The van der Waals surface area contributed by atoms with Gasteiger partial charge in [-0.05, 0) is 47.3 Å². The highest BCUT2D eigenvalue weighted by Crippen LogP contribution is 2.38. The van der Waals surface area contributed by atoms with Gasteiger partial charge in [-0.15, -0.1) is 11.3 Å². The number of pyridine rings is 1. The summed E-state index contributed by atoms with van der Waals surface area (Å²) in [5, 5.41) is 1.01. The van der Waals surface area contributed by atoms with Crippen molar-refractivity contribution in [2.24, 2.45) is 5.73 Å². The zero-order valence-corrected chi connectivity index (χ0v) is 12.3. The molecule has 1 atom stereocenters. The third-order valence-corrected chi connectivity index (χ3v) is 5.09. The zero-order chi connectivity index (χ0) is 12.5. The number of halogens is 1. The summed E-state index contributed by atoms with van der Waals surface area (Å²) < 4.78 is 1.00. The van der Waals surface area contributed by atoms with Crippen LogP contribution < -0.4 is 5.73 Å². The fourth-order valence-corrected chi connectivity index (χ4v) is 4.16. The molecule has 0 bridgehead atoms. The molecule has 2 aromatic heterocycles. The Hall–Kier alpha value is -0.780. The van der Waals surface area contributed by atoms with Crippen molar-refractivity contribution in [2.75, 3.05) is 6.54 Å². The van der Waals surface area contributed by atoms with Crippen LogP contribution in [0.5, 0.6) is 0 Å². The third-order valence-electron chi connectivity index (χ3n) is 3.32. The quantitative estimate of drug-likeness (QED) is 0.922. The number of thiazole rings is 1. The topological polar surface area (TPSA) is 51.8 Å². The molecule has 0 fully saturated rings. The van der Waals surface area contributed by atoms with Crippen molar-refractivity contribution in [3.63, 3.8) is 0 Å². The molecule has 0 aromatic carbocycles. The van der Waals surface area contributed by atoms with Crippen LogP contribution in [0.15, 0.2) is 22.8 Å². The Morgan fingerprint density at radius 1 is 1.50 bits per heavy atom. The number of nitrogens with zero attached hydrogens (tertiary/aromatic N) is 2. The van der Waals surface area contributed by atoms with E-state index >= 15 is 0 Å². The minimum absolute atomic E-state index is 0.432. The van der Waals surface area contributed by atoms with Gasteiger partial charge in [0.25, 0.3) is 0 Å². The molecule has 5 heteroatoms. The van der Waals surface area contributed by atoms with Gasteiger partial charge in [-0.25, -0.2) is 4.98 Å². The Bertz CT molecular complexity index is 567. The minimum atomic E-state index is 0.432. The lowest BCUT2D eigenvalue weighted by Crippen LogP contribution is -2.17. The van der Waals surface area contributed by atoms with E-state index in [4.69, 9.17) is 10.7 Å². The van der Waals surface area contributed by atoms with Crippen LogP contribution in [0, 0.1) is 0 Å². The van der Waals surface area contributed by atoms with Gasteiger partial charge in [-0.1, -0.05) is 0 Å². The second kappa shape index (κ2) is 5.07. The van der Waals surface area contributed by atoms with Crippen molar-refractivity contribution in [3.8, 4) is 10.7 Å². The molecule has 0 aliphatic heterocycles. The van der Waals surface area contributed by atoms with E-state index in [1.807, 2.05) is 12.1 Å². The predicted octanol–water partition coefficient (Wildman–Crippen LogP) is 3.35. The fourth-order valence-electron chi connectivity index (χ4n) is 2.38. The molecule has 2 aromatic rings. The summed E-state index contributed by atoms with van der Waals surface area (Å²) in [4.78, 5) is 10.6. The molecular weight excluding hydrogens is 310 g/mol. The van der Waals surface area contributed by atoms with Gasteiger partial charge in [-0.3, -0.25) is 4.98 Å². The molecular formula is C13H14BrN3S. The highest BCUT2D eigenvalue weighted by molar-refractivity contribution is 9.10. The highest BCUT2D eigenvalue weighted by atomic mass is 79.9. The number of nitrogens with two attached hydrogens (primary N) is 1. The van der Waals surface area contributed by atoms with E-state index in [1.54, 1.807) is 17.5 Å². The number of hydrogen-bond acceptors (Lipinski definition) is 4. The first kappa shape index (κ1) is 12.3. The Balaban J connectivity index is 2.05. The summed E-state index contributed by atoms with van der Waals surface area (Å²) in [5.74, 6) is 0.432. The number of rotatable bonds is 2. The molecule has 1 unspecified atom stereocenters. The summed E-state index contributed by atoms with van der Waals surface area (Å²) in [6.07, 6.45) is 5.32. The van der Waals surface area contributed by atoms with Crippen LogP contribution in [0.3, 0.4) is 0 Å². The van der Waals surface area contributed by atoms with Gasteiger partial charge in [0.2, 0.25) is 0 Å². The molecule has 1 aliphatic rings. The standard InChI is InChI=1S/C13H14BrN3S/c14-9-4-2-6-16-12(9)13-17-11-8(7-15)3-1-5-10(11)18-13/h2,4,6,8H,1,3,5,7,15H2. The average molecular weight is 324 g/mol. The van der Waals surface area contributed by atoms with E-state index in [1.165, 1.54) is 17.0 Å². The van der Waals surface area contributed by atoms with Crippen molar-refractivity contribution in [1.82, 2.24) is 9.97 Å². The smallest absolute Gasteiger partial charge is 0.143 e. The van der Waals surface area contributed by atoms with E-state index in [-0.39, 0.29) is 0 Å². The van der Waals surface area contributed by atoms with Gasteiger partial charge >= 0.3 is 0 Å². The van der Waals surface area contributed by atoms with Gasteiger partial charge < -0.3 is 5.73 Å². The van der Waals surface area contributed by atoms with Gasteiger partial charge in [-0.2, -0.15) is 0 Å². The predicted molar refractivity (Wildman–Crippen MR) is 77.8 cm³/mol. The van der Waals surface area contributed by atoms with Gasteiger partial charge in [0.15, 0.2) is 0 Å². The molecule has 1 aliphatic carbocycles. The SMILES string of the molecule is NCC1CCCc2sc(-c3ncccc3Br)nc21. The summed E-state index contributed by atoms with van der Waals surface area (Å²) in [6.45, 7) is 0.694. The van der Waals surface area contributed by atoms with E-state index in [9.17, 15) is 0 Å². The summed E-state index contributed by atoms with van der Waals surface area (Å²) >= 11 is 5.30. The molecule has 0 spiro atoms. The van der Waals surface area contributed by atoms with E-state index < -0.39 is 0 Å². The number of aryl methyl sites for hydroxylation is 1. The Morgan fingerprint density at radius 3 is 3.17 bits per heavy atom. The average Bonchev–Trinajstić information content (AvgIpc) is 2.82. The lowest BCUT2D eigenvalue weighted by atomic mass is 9.91. The maximum absolute atomic E-state index is 5.84. The molecule has 3 rings (SSSR count). The van der Waals surface area contributed by atoms with Gasteiger partial charge in [0.05, 0.1) is 5.69 Å². The van der Waals surface area contributed by atoms with E-state index in [2.05, 4.69) is 20.9 Å². The third kappa shape index (κ3) is 2.11. The number of fused-ring (bicyclic) bond motifs is 1. The van der Waals surface area contributed by atoms with Crippen LogP contribution in [0.2, 0.25) is 0 Å². The van der Waals surface area contributed by atoms with Gasteiger partial charge in [0.1, 0.15) is 10.7 Å². The monoisotopic (exact) mass is 323 g/mol. The van der Waals surface area contributed by atoms with Crippen molar-refractivity contribution in [1.29, 1.82) is 0 Å². The molecule has 0 saturated heterocycles. The fraction of sp³-hybridized carbons (Fsp3) is 0.385. The first-order valence-corrected chi connectivity index (χ1v) is 7.71. The molecule has 94 valence electrons. The first-order valence-electron chi connectivity index (χ1n) is 6.10. The largest absolute Gasteiger partial charge is 0.330 e. The Labute approximate surface area is 119 Å². The van der Waals surface area contributed by atoms with Crippen LogP contribution in [0.25, 0.3) is 10.7 Å². The lowest BCUT2D eigenvalue weighted by Gasteiger charge is -2.18. The van der Waals surface area contributed by atoms with Gasteiger partial charge in [0, 0.05) is 28.0 Å². The Kier molecular flexibility index (Phi) is 3.46. The summed E-state index contributed by atoms with van der Waals surface area (Å²) in [6, 6.07) is 3.92. The normalized spacial score (nSPS) is 18.7. The number of aromatic nitrogens is 2. The number of hydrogen-bond donors (Lipinski definition) is 1. The van der Waals surface area contributed by atoms with E-state index in [0.717, 1.165) is 28.0 Å². The van der Waals surface area contributed by atoms with Crippen molar-refractivity contribution in [2.45, 2.75) is 25.2 Å². The molecule has 2 N–H and O–H groups in total. The van der Waals surface area contributed by atoms with Crippen LogP contribution in [0.1, 0.15) is 29.3 Å². The second-order valence-corrected chi connectivity index (χ2v) is 6.42. The molecule has 0 saturated carbocycles. The first-order chi connectivity index (χ1) is 8.79. The molecule has 0 radical (unpaired) electrons. The molecule has 3 nitrogen and oxygen atoms in total. The van der Waals surface area contributed by atoms with Crippen LogP contribution in [-0.2, 0) is 6.42 Å². The van der Waals surface area contributed by atoms with Crippen molar-refractivity contribution < 1.29 is 0 Å². The zero-order valence-electron chi connectivity index (χ0n) is 9.90. The van der Waals surface area contributed by atoms with Crippen molar-refractivity contribution in [3.05, 3.63) is 33.4 Å². The van der Waals surface area contributed by atoms with Crippen LogP contribution in [-0.4, -0.2) is 16.5 Å². The van der Waals surface area contributed by atoms with Crippen molar-refractivity contribution >= 4 is 27.3 Å². The molecule has 2 heterocycles. The maximum Gasteiger partial charge on any atom is 0.143 e. The van der Waals surface area contributed by atoms with Crippen LogP contribution in [0.4, 0.5) is 0 Å². The summed E-state index contributed by atoms with van der Waals surface area (Å²) in [7, 11) is 0. The highest BCUT2D eigenvalue weighted by Gasteiger charge is 2.24. The van der Waals surface area contributed by atoms with E-state index in [0.29, 0.717) is 12.5 Å². The lowest BCUT2D eigenvalue weighted by molar-refractivity contribution is 0.554. The molecule has 18 heavy (non-hydrogen) atoms. The molecule has 0 amide bonds.